The third kappa shape index (κ3) is 2.43. The molecule has 0 saturated carbocycles. The van der Waals surface area contributed by atoms with Gasteiger partial charge in [-0.15, -0.1) is 4.91 Å². The van der Waals surface area contributed by atoms with Crippen LogP contribution in [-0.2, 0) is 4.79 Å². The van der Waals surface area contributed by atoms with E-state index in [1.165, 1.54) is 0 Å². The van der Waals surface area contributed by atoms with Crippen LogP contribution in [0.25, 0.3) is 0 Å². The number of nitrogens with two attached hydrogens (primary N) is 1. The fourth-order valence-corrected chi connectivity index (χ4v) is 0.598. The van der Waals surface area contributed by atoms with Crippen molar-refractivity contribution in [2.75, 3.05) is 0 Å². The Kier molecular flexibility index (Phi) is 3.38. The van der Waals surface area contributed by atoms with Crippen molar-refractivity contribution >= 4 is 5.91 Å². The molecule has 58 valence electrons. The Bertz CT molecular complexity index is 135. The summed E-state index contributed by atoms with van der Waals surface area (Å²) in [4.78, 5) is 20.1. The topological polar surface area (TPSA) is 84.6 Å². The molecule has 0 aromatic carbocycles. The van der Waals surface area contributed by atoms with Crippen LogP contribution in [-0.4, -0.2) is 11.9 Å². The molecule has 0 aromatic heterocycles. The van der Waals surface area contributed by atoms with Gasteiger partial charge in [-0.1, -0.05) is 13.8 Å². The van der Waals surface area contributed by atoms with Gasteiger partial charge in [0.1, 0.15) is 6.04 Å². The lowest BCUT2D eigenvalue weighted by Gasteiger charge is -2.13. The van der Waals surface area contributed by atoms with Gasteiger partial charge >= 0.3 is 0 Å². The maximum absolute atomic E-state index is 10.5. The molecule has 0 radical (unpaired) electrons. The largest absolute Gasteiger partial charge is 0.368 e. The molecule has 1 amide bonds. The number of nitrogens with zero attached hydrogens (tertiary/aromatic N) is 1. The number of carbonyl (C=O) groups is 1. The summed E-state index contributed by atoms with van der Waals surface area (Å²) in [7, 11) is 0. The van der Waals surface area contributed by atoms with Crippen molar-refractivity contribution in [1.29, 1.82) is 0 Å². The van der Waals surface area contributed by atoms with Gasteiger partial charge in [-0.2, -0.15) is 0 Å². The van der Waals surface area contributed by atoms with Gasteiger partial charge in [0.2, 0.25) is 5.91 Å². The van der Waals surface area contributed by atoms with Crippen LogP contribution in [0, 0.1) is 10.8 Å². The van der Waals surface area contributed by atoms with Crippen molar-refractivity contribution < 1.29 is 4.79 Å². The molecule has 5 nitrogen and oxygen atoms in total. The van der Waals surface area contributed by atoms with Crippen LogP contribution in [0.5, 0.6) is 0 Å². The zero-order valence-corrected chi connectivity index (χ0v) is 6.00. The highest BCUT2D eigenvalue weighted by Gasteiger charge is 2.18. The molecular formula is C5H11N3O2. The Morgan fingerprint density at radius 2 is 2.10 bits per heavy atom. The van der Waals surface area contributed by atoms with Crippen molar-refractivity contribution in [2.45, 2.75) is 19.9 Å². The third-order valence-corrected chi connectivity index (χ3v) is 1.16. The molecule has 0 aliphatic heterocycles. The number of nitroso groups, excluding NO2 is 1. The normalized spacial score (nSPS) is 12.7. The van der Waals surface area contributed by atoms with E-state index in [1.807, 2.05) is 0 Å². The number of hydrogen-bond donors (Lipinski definition) is 2. The van der Waals surface area contributed by atoms with Gasteiger partial charge in [-0.25, -0.2) is 0 Å². The van der Waals surface area contributed by atoms with E-state index in [0.717, 1.165) is 0 Å². The summed E-state index contributed by atoms with van der Waals surface area (Å²) in [6.45, 7) is 3.54. The fraction of sp³-hybridized carbons (Fsp3) is 0.800. The smallest absolute Gasteiger partial charge is 0.241 e. The molecule has 1 atom stereocenters. The van der Waals surface area contributed by atoms with Gasteiger partial charge in [-0.3, -0.25) is 10.2 Å². The lowest BCUT2D eigenvalue weighted by atomic mass is 10.1. The summed E-state index contributed by atoms with van der Waals surface area (Å²) in [5, 5.41) is 2.38. The first-order valence-electron chi connectivity index (χ1n) is 2.96. The summed E-state index contributed by atoms with van der Waals surface area (Å²) in [5.41, 5.74) is 7.00. The van der Waals surface area contributed by atoms with Gasteiger partial charge in [-0.05, 0) is 5.92 Å². The van der Waals surface area contributed by atoms with E-state index in [4.69, 9.17) is 5.73 Å². The van der Waals surface area contributed by atoms with Crippen molar-refractivity contribution in [3.05, 3.63) is 4.91 Å². The second-order valence-electron chi connectivity index (χ2n) is 2.34. The highest BCUT2D eigenvalue weighted by atomic mass is 16.3. The molecule has 0 heterocycles. The molecule has 5 heteroatoms. The Balaban J connectivity index is 3.97. The summed E-state index contributed by atoms with van der Waals surface area (Å²) >= 11 is 0. The van der Waals surface area contributed by atoms with E-state index in [-0.39, 0.29) is 5.92 Å². The first kappa shape index (κ1) is 8.87. The first-order chi connectivity index (χ1) is 4.59. The fourth-order valence-electron chi connectivity index (χ4n) is 0.598. The predicted octanol–water partition coefficient (Wildman–Crippen LogP) is -0.233. The lowest BCUT2D eigenvalue weighted by Crippen LogP contribution is -2.42. The molecule has 0 unspecified atom stereocenters. The Morgan fingerprint density at radius 1 is 1.60 bits per heavy atom. The third-order valence-electron chi connectivity index (χ3n) is 1.16. The zero-order chi connectivity index (χ0) is 8.15. The Labute approximate surface area is 58.9 Å². The molecule has 0 aliphatic carbocycles. The van der Waals surface area contributed by atoms with Gasteiger partial charge < -0.3 is 5.73 Å². The van der Waals surface area contributed by atoms with E-state index >= 15 is 0 Å². The molecule has 3 N–H and O–H groups in total. The van der Waals surface area contributed by atoms with Crippen molar-refractivity contribution in [2.24, 2.45) is 16.9 Å². The van der Waals surface area contributed by atoms with Crippen molar-refractivity contribution in [1.82, 2.24) is 5.43 Å². The van der Waals surface area contributed by atoms with Crippen LogP contribution >= 0.6 is 0 Å². The summed E-state index contributed by atoms with van der Waals surface area (Å²) < 4.78 is 0. The minimum absolute atomic E-state index is 0.0183. The molecule has 0 fully saturated rings. The number of primary amides is 1. The van der Waals surface area contributed by atoms with E-state index < -0.39 is 11.9 Å². The van der Waals surface area contributed by atoms with E-state index in [0.29, 0.717) is 0 Å². The van der Waals surface area contributed by atoms with Crippen molar-refractivity contribution in [3.63, 3.8) is 0 Å². The quantitative estimate of drug-likeness (QED) is 0.423. The second-order valence-corrected chi connectivity index (χ2v) is 2.34. The van der Waals surface area contributed by atoms with Gasteiger partial charge in [0.05, 0.1) is 5.29 Å². The van der Waals surface area contributed by atoms with Crippen LogP contribution in [0.2, 0.25) is 0 Å². The molecule has 0 aliphatic rings. The number of nitrogens with one attached hydrogen (secondary N) is 1. The van der Waals surface area contributed by atoms with Crippen LogP contribution in [0.15, 0.2) is 5.29 Å². The Hall–Kier alpha value is -1.13. The van der Waals surface area contributed by atoms with Crippen molar-refractivity contribution in [3.8, 4) is 0 Å². The van der Waals surface area contributed by atoms with Gasteiger partial charge in [0.25, 0.3) is 0 Å². The second kappa shape index (κ2) is 3.81. The zero-order valence-electron chi connectivity index (χ0n) is 6.00. The number of hydrogen-bond acceptors (Lipinski definition) is 3. The standard InChI is InChI=1S/C5H11N3O2/c1-3(2)4(5(6)9)7-8-10/h3-4H,1-2H3,(H2,6,9)(H,7,10)/t4-/m0/s1. The monoisotopic (exact) mass is 145 g/mol. The first-order valence-corrected chi connectivity index (χ1v) is 2.96. The highest BCUT2D eigenvalue weighted by Crippen LogP contribution is 1.99. The number of amides is 1. The van der Waals surface area contributed by atoms with E-state index in [2.05, 4.69) is 10.7 Å². The molecular weight excluding hydrogens is 134 g/mol. The summed E-state index contributed by atoms with van der Waals surface area (Å²) in [6, 6.07) is -0.655. The van der Waals surface area contributed by atoms with Gasteiger partial charge in [0, 0.05) is 0 Å². The molecule has 0 saturated heterocycles. The van der Waals surface area contributed by atoms with Crippen LogP contribution in [0.4, 0.5) is 0 Å². The van der Waals surface area contributed by atoms with Crippen LogP contribution in [0.1, 0.15) is 13.8 Å². The van der Waals surface area contributed by atoms with E-state index in [9.17, 15) is 9.70 Å². The average molecular weight is 145 g/mol. The maximum atomic E-state index is 10.5. The molecule has 0 spiro atoms. The minimum Gasteiger partial charge on any atom is -0.368 e. The lowest BCUT2D eigenvalue weighted by molar-refractivity contribution is -0.121. The predicted molar refractivity (Wildman–Crippen MR) is 36.8 cm³/mol. The summed E-state index contributed by atoms with van der Waals surface area (Å²) in [6.07, 6.45) is 0. The maximum Gasteiger partial charge on any atom is 0.241 e. The van der Waals surface area contributed by atoms with Gasteiger partial charge in [0.15, 0.2) is 0 Å². The van der Waals surface area contributed by atoms with E-state index in [1.54, 1.807) is 13.8 Å². The molecule has 10 heavy (non-hydrogen) atoms. The van der Waals surface area contributed by atoms with Crippen LogP contribution < -0.4 is 11.2 Å². The summed E-state index contributed by atoms with van der Waals surface area (Å²) in [5.74, 6) is -0.579. The van der Waals surface area contributed by atoms with Crippen LogP contribution in [0.3, 0.4) is 0 Å². The molecule has 0 rings (SSSR count). The number of rotatable bonds is 4. The average Bonchev–Trinajstić information content (AvgIpc) is 1.81. The molecule has 0 aromatic rings. The highest BCUT2D eigenvalue weighted by molar-refractivity contribution is 5.80. The number of carbonyl (C=O) groups excluding carboxylic acids is 1. The SMILES string of the molecule is CC(C)[C@H](NN=O)C(N)=O. The Morgan fingerprint density at radius 3 is 2.20 bits per heavy atom. The minimum atomic E-state index is -0.655. The molecule has 0 bridgehead atoms.